The Hall–Kier alpha value is 0.943. The molecule has 0 saturated carbocycles. The third kappa shape index (κ3) is 4.26. The molecule has 1 rings (SSSR count). The second-order valence-corrected chi connectivity index (χ2v) is 5.39. The Morgan fingerprint density at radius 2 is 1.67 bits per heavy atom. The molecule has 0 heterocycles. The summed E-state index contributed by atoms with van der Waals surface area (Å²) in [5.41, 5.74) is 1.97. The Morgan fingerprint density at radius 1 is 1.17 bits per heavy atom. The zero-order chi connectivity index (χ0) is 7.78. The summed E-state index contributed by atoms with van der Waals surface area (Å²) in [6.07, 6.45) is 5.77. The molecule has 0 fully saturated rings. The third-order valence-corrected chi connectivity index (χ3v) is 2.67. The van der Waals surface area contributed by atoms with Gasteiger partial charge in [-0.05, 0) is 0 Å². The molecule has 0 amide bonds. The molecule has 0 unspecified atom stereocenters. The van der Waals surface area contributed by atoms with E-state index < -0.39 is 0 Å². The molecule has 0 aromatic carbocycles. The van der Waals surface area contributed by atoms with Crippen molar-refractivity contribution in [3.8, 4) is 0 Å². The number of hydrogen-bond acceptors (Lipinski definition) is 0. The summed E-state index contributed by atoms with van der Waals surface area (Å²) >= 11 is 1.57. The number of halogens is 2. The minimum Gasteiger partial charge on any atom is -1.00 e. The van der Waals surface area contributed by atoms with Crippen LogP contribution >= 0.6 is 0 Å². The van der Waals surface area contributed by atoms with Crippen molar-refractivity contribution in [2.24, 2.45) is 5.41 Å². The molecule has 3 heteroatoms. The summed E-state index contributed by atoms with van der Waals surface area (Å²) in [7, 11) is 0. The van der Waals surface area contributed by atoms with Crippen LogP contribution in [0.15, 0.2) is 21.0 Å². The molecule has 12 heavy (non-hydrogen) atoms. The molecule has 0 saturated heterocycles. The third-order valence-electron chi connectivity index (χ3n) is 1.83. The van der Waals surface area contributed by atoms with Gasteiger partial charge in [0.1, 0.15) is 0 Å². The summed E-state index contributed by atoms with van der Waals surface area (Å²) in [6.45, 7) is 6.84. The molecule has 0 aliphatic heterocycles. The van der Waals surface area contributed by atoms with Crippen molar-refractivity contribution in [1.82, 2.24) is 0 Å². The van der Waals surface area contributed by atoms with E-state index in [1.807, 2.05) is 0 Å². The number of rotatable bonds is 0. The van der Waals surface area contributed by atoms with Gasteiger partial charge in [0.05, 0.1) is 0 Å². The Bertz CT molecular complexity index is 199. The average Bonchev–Trinajstić information content (AvgIpc) is 2.11. The van der Waals surface area contributed by atoms with Gasteiger partial charge in [0.2, 0.25) is 0 Å². The first-order valence-electron chi connectivity index (χ1n) is 3.62. The first kappa shape index (κ1) is 15.4. The van der Waals surface area contributed by atoms with Gasteiger partial charge >= 0.3 is 78.3 Å². The predicted octanol–water partition coefficient (Wildman–Crippen LogP) is -3.20. The van der Waals surface area contributed by atoms with E-state index in [1.165, 1.54) is 6.42 Å². The van der Waals surface area contributed by atoms with Gasteiger partial charge in [0.15, 0.2) is 0 Å². The molecule has 67 valence electrons. The van der Waals surface area contributed by atoms with Crippen molar-refractivity contribution in [2.45, 2.75) is 27.2 Å². The first-order valence-corrected chi connectivity index (χ1v) is 4.85. The monoisotopic (exact) mass is 281 g/mol. The van der Waals surface area contributed by atoms with Gasteiger partial charge < -0.3 is 24.8 Å². The second-order valence-electron chi connectivity index (χ2n) is 3.81. The minimum atomic E-state index is 0. The van der Waals surface area contributed by atoms with Crippen molar-refractivity contribution < 1.29 is 49.5 Å². The van der Waals surface area contributed by atoms with E-state index in [9.17, 15) is 0 Å². The van der Waals surface area contributed by atoms with Gasteiger partial charge in [-0.3, -0.25) is 0 Å². The smallest absolute Gasteiger partial charge is 1.00 e. The van der Waals surface area contributed by atoms with Gasteiger partial charge in [0, 0.05) is 0 Å². The zero-order valence-corrected chi connectivity index (χ0v) is 11.6. The van der Waals surface area contributed by atoms with Crippen LogP contribution in [0.5, 0.6) is 0 Å². The fourth-order valence-corrected chi connectivity index (χ4v) is 1.71. The van der Waals surface area contributed by atoms with Gasteiger partial charge in [-0.1, -0.05) is 0 Å². The largest absolute Gasteiger partial charge is 1.00 e. The molecule has 0 atom stereocenters. The van der Waals surface area contributed by atoms with Crippen LogP contribution in [0, 0.1) is 5.41 Å². The molecule has 0 nitrogen and oxygen atoms in total. The SMILES string of the molecule is CC(C)(C)C1=CC=[C]([Zr+2])C1.[Cl-].[Cl-]. The maximum absolute atomic E-state index is 2.28. The maximum Gasteiger partial charge on any atom is -1.00 e. The number of hydrogen-bond donors (Lipinski definition) is 0. The summed E-state index contributed by atoms with van der Waals surface area (Å²) in [6, 6.07) is 0. The van der Waals surface area contributed by atoms with E-state index in [0.29, 0.717) is 5.41 Å². The summed E-state index contributed by atoms with van der Waals surface area (Å²) in [5.74, 6) is 0. The second kappa shape index (κ2) is 5.63. The normalized spacial score (nSPS) is 15.8. The van der Waals surface area contributed by atoms with Crippen LogP contribution in [0.2, 0.25) is 0 Å². The maximum atomic E-state index is 2.28. The fourth-order valence-electron chi connectivity index (χ4n) is 1.04. The minimum absolute atomic E-state index is 0. The average molecular weight is 283 g/mol. The summed E-state index contributed by atoms with van der Waals surface area (Å²) in [4.78, 5) is 0. The quantitative estimate of drug-likeness (QED) is 0.439. The molecule has 0 spiro atoms. The van der Waals surface area contributed by atoms with Crippen LogP contribution in [0.4, 0.5) is 0 Å². The van der Waals surface area contributed by atoms with Crippen LogP contribution < -0.4 is 24.8 Å². The zero-order valence-electron chi connectivity index (χ0n) is 7.62. The van der Waals surface area contributed by atoms with Crippen molar-refractivity contribution in [1.29, 1.82) is 0 Å². The molecule has 0 radical (unpaired) electrons. The Morgan fingerprint density at radius 3 is 1.83 bits per heavy atom. The van der Waals surface area contributed by atoms with Crippen molar-refractivity contribution >= 4 is 0 Å². The van der Waals surface area contributed by atoms with Gasteiger partial charge in [0.25, 0.3) is 0 Å². The Labute approximate surface area is 103 Å². The van der Waals surface area contributed by atoms with Crippen LogP contribution in [-0.2, 0) is 24.7 Å². The van der Waals surface area contributed by atoms with E-state index in [0.717, 1.165) is 0 Å². The molecule has 1 aliphatic carbocycles. The summed E-state index contributed by atoms with van der Waals surface area (Å²) < 4.78 is 1.58. The fraction of sp³-hybridized carbons (Fsp3) is 0.556. The van der Waals surface area contributed by atoms with Crippen molar-refractivity contribution in [3.05, 3.63) is 21.0 Å². The molecule has 0 aromatic rings. The first-order chi connectivity index (χ1) is 4.50. The van der Waals surface area contributed by atoms with E-state index in [1.54, 1.807) is 33.6 Å². The predicted molar refractivity (Wildman–Crippen MR) is 40.2 cm³/mol. The summed E-state index contributed by atoms with van der Waals surface area (Å²) in [5, 5.41) is 0. The topological polar surface area (TPSA) is 0 Å². The van der Waals surface area contributed by atoms with Gasteiger partial charge in [-0.25, -0.2) is 0 Å². The Kier molecular flexibility index (Phi) is 7.23. The Balaban J connectivity index is 0. The van der Waals surface area contributed by atoms with Crippen LogP contribution in [-0.4, -0.2) is 0 Å². The van der Waals surface area contributed by atoms with E-state index >= 15 is 0 Å². The molecule has 1 aliphatic rings. The van der Waals surface area contributed by atoms with Crippen molar-refractivity contribution in [3.63, 3.8) is 0 Å². The van der Waals surface area contributed by atoms with E-state index in [4.69, 9.17) is 0 Å². The molecule has 0 aromatic heterocycles. The van der Waals surface area contributed by atoms with Gasteiger partial charge in [-0.15, -0.1) is 0 Å². The molecular weight excluding hydrogens is 270 g/mol. The molecule has 0 bridgehead atoms. The van der Waals surface area contributed by atoms with Crippen LogP contribution in [0.3, 0.4) is 0 Å². The van der Waals surface area contributed by atoms with Crippen LogP contribution in [0.25, 0.3) is 0 Å². The van der Waals surface area contributed by atoms with Gasteiger partial charge in [-0.2, -0.15) is 0 Å². The molecular formula is C9H13Cl2Zr. The number of allylic oxidation sites excluding steroid dienone is 4. The molecule has 0 N–H and O–H groups in total. The van der Waals surface area contributed by atoms with E-state index in [-0.39, 0.29) is 24.8 Å². The van der Waals surface area contributed by atoms with Crippen LogP contribution in [0.1, 0.15) is 27.2 Å². The van der Waals surface area contributed by atoms with E-state index in [2.05, 4.69) is 32.9 Å². The standard InChI is InChI=1S/C9H13.2ClH.Zr/c1-9(2,3)8-6-4-5-7-8;;;/h4,6H,7H2,1-3H3;2*1H;/q;;;+2/p-2. The van der Waals surface area contributed by atoms with Crippen molar-refractivity contribution in [2.75, 3.05) is 0 Å².